The summed E-state index contributed by atoms with van der Waals surface area (Å²) in [5.41, 5.74) is 0.166. The molecule has 0 saturated carbocycles. The van der Waals surface area contributed by atoms with Gasteiger partial charge in [-0.3, -0.25) is 4.79 Å². The second kappa shape index (κ2) is 8.83. The van der Waals surface area contributed by atoms with E-state index in [1.54, 1.807) is 0 Å². The van der Waals surface area contributed by atoms with Crippen molar-refractivity contribution in [3.8, 4) is 5.75 Å². The van der Waals surface area contributed by atoms with Crippen molar-refractivity contribution in [1.82, 2.24) is 10.2 Å². The lowest BCUT2D eigenvalue weighted by molar-refractivity contribution is 0.0944. The van der Waals surface area contributed by atoms with Crippen LogP contribution in [0.3, 0.4) is 0 Å². The van der Waals surface area contributed by atoms with Crippen LogP contribution in [-0.2, 0) is 10.0 Å². The van der Waals surface area contributed by atoms with Crippen LogP contribution in [0.1, 0.15) is 37.0 Å². The van der Waals surface area contributed by atoms with E-state index in [1.807, 2.05) is 0 Å². The maximum absolute atomic E-state index is 12.4. The number of primary sulfonamides is 1. The Morgan fingerprint density at radius 3 is 2.54 bits per heavy atom. The average molecular weight is 384 g/mol. The first kappa shape index (κ1) is 20.7. The fourth-order valence-corrected chi connectivity index (χ4v) is 4.16. The van der Waals surface area contributed by atoms with Gasteiger partial charge in [0.05, 0.1) is 17.6 Å². The Labute approximate surface area is 155 Å². The highest BCUT2D eigenvalue weighted by atomic mass is 32.2. The Bertz CT molecular complexity index is 726. The zero-order chi connectivity index (χ0) is 19.3. The summed E-state index contributed by atoms with van der Waals surface area (Å²) in [6.45, 7) is 8.19. The van der Waals surface area contributed by atoms with Crippen LogP contribution >= 0.6 is 0 Å². The lowest BCUT2D eigenvalue weighted by Crippen LogP contribution is -2.40. The highest BCUT2D eigenvalue weighted by Crippen LogP contribution is 2.22. The number of benzene rings is 1. The largest absolute Gasteiger partial charge is 0.496 e. The van der Waals surface area contributed by atoms with Crippen molar-refractivity contribution in [1.29, 1.82) is 0 Å². The minimum atomic E-state index is -3.88. The Hall–Kier alpha value is -1.64. The fraction of sp³-hybridized carbons (Fsp3) is 0.611. The number of piperidine rings is 1. The minimum absolute atomic E-state index is 0.111. The molecule has 26 heavy (non-hydrogen) atoms. The Morgan fingerprint density at radius 1 is 1.31 bits per heavy atom. The summed E-state index contributed by atoms with van der Waals surface area (Å²) in [6, 6.07) is 4.01. The van der Waals surface area contributed by atoms with Gasteiger partial charge >= 0.3 is 0 Å². The topological polar surface area (TPSA) is 102 Å². The molecule has 2 rings (SSSR count). The molecule has 0 aliphatic carbocycles. The molecular weight excluding hydrogens is 354 g/mol. The van der Waals surface area contributed by atoms with Gasteiger partial charge in [0, 0.05) is 19.6 Å². The van der Waals surface area contributed by atoms with Crippen LogP contribution in [-0.4, -0.2) is 52.5 Å². The smallest absolute Gasteiger partial charge is 0.255 e. The molecule has 0 spiro atoms. The molecule has 1 aromatic carbocycles. The molecule has 146 valence electrons. The highest BCUT2D eigenvalue weighted by Gasteiger charge is 2.21. The zero-order valence-electron chi connectivity index (χ0n) is 15.7. The number of ether oxygens (including phenoxy) is 1. The van der Waals surface area contributed by atoms with Crippen LogP contribution < -0.4 is 15.2 Å². The molecule has 1 aliphatic rings. The molecule has 1 amide bonds. The van der Waals surface area contributed by atoms with Crippen molar-refractivity contribution in [2.75, 3.05) is 33.3 Å². The standard InChI is InChI=1S/C18H29N3O4S/c1-13-9-14(2)12-21(11-13)8-4-7-20-18(22)16-10-15(26(19,23)24)5-6-17(16)25-3/h5-6,10,13-14H,4,7-9,11-12H2,1-3H3,(H,20,22)(H2,19,23,24). The van der Waals surface area contributed by atoms with Gasteiger partial charge in [-0.05, 0) is 49.4 Å². The van der Waals surface area contributed by atoms with Gasteiger partial charge in [-0.1, -0.05) is 13.8 Å². The molecule has 8 heteroatoms. The van der Waals surface area contributed by atoms with Crippen molar-refractivity contribution in [3.05, 3.63) is 23.8 Å². The van der Waals surface area contributed by atoms with Crippen LogP contribution in [0.2, 0.25) is 0 Å². The summed E-state index contributed by atoms with van der Waals surface area (Å²) >= 11 is 0. The van der Waals surface area contributed by atoms with E-state index in [9.17, 15) is 13.2 Å². The van der Waals surface area contributed by atoms with E-state index in [0.29, 0.717) is 24.1 Å². The first-order valence-corrected chi connectivity index (χ1v) is 10.5. The van der Waals surface area contributed by atoms with Crippen LogP contribution in [0.5, 0.6) is 5.75 Å². The predicted molar refractivity (Wildman–Crippen MR) is 101 cm³/mol. The number of hydrogen-bond acceptors (Lipinski definition) is 5. The van der Waals surface area contributed by atoms with Gasteiger partial charge in [-0.25, -0.2) is 13.6 Å². The molecule has 1 aromatic rings. The van der Waals surface area contributed by atoms with Crippen LogP contribution in [0.4, 0.5) is 0 Å². The third-order valence-corrected chi connectivity index (χ3v) is 5.54. The number of carbonyl (C=O) groups is 1. The van der Waals surface area contributed by atoms with Gasteiger partial charge in [0.15, 0.2) is 0 Å². The first-order valence-electron chi connectivity index (χ1n) is 8.92. The molecule has 1 heterocycles. The van der Waals surface area contributed by atoms with E-state index in [-0.39, 0.29) is 16.4 Å². The molecule has 0 aromatic heterocycles. The first-order chi connectivity index (χ1) is 12.2. The molecule has 1 aliphatic heterocycles. The summed E-state index contributed by atoms with van der Waals surface area (Å²) in [5.74, 6) is 1.36. The molecule has 0 radical (unpaired) electrons. The number of hydrogen-bond donors (Lipinski definition) is 2. The molecule has 1 saturated heterocycles. The minimum Gasteiger partial charge on any atom is -0.496 e. The molecule has 2 unspecified atom stereocenters. The molecular formula is C18H29N3O4S. The Morgan fingerprint density at radius 2 is 1.96 bits per heavy atom. The number of nitrogens with zero attached hydrogens (tertiary/aromatic N) is 1. The number of rotatable bonds is 7. The van der Waals surface area contributed by atoms with Gasteiger partial charge < -0.3 is 15.0 Å². The van der Waals surface area contributed by atoms with E-state index in [0.717, 1.165) is 26.1 Å². The monoisotopic (exact) mass is 383 g/mol. The third kappa shape index (κ3) is 5.69. The summed E-state index contributed by atoms with van der Waals surface area (Å²) in [4.78, 5) is 14.7. The van der Waals surface area contributed by atoms with Gasteiger partial charge in [0.25, 0.3) is 5.91 Å². The lowest BCUT2D eigenvalue weighted by atomic mass is 9.92. The SMILES string of the molecule is COc1ccc(S(N)(=O)=O)cc1C(=O)NCCCN1CC(C)CC(C)C1. The molecule has 1 fully saturated rings. The number of amides is 1. The van der Waals surface area contributed by atoms with Crippen LogP contribution in [0.15, 0.2) is 23.1 Å². The van der Waals surface area contributed by atoms with Gasteiger partial charge in [-0.2, -0.15) is 0 Å². The second-order valence-corrected chi connectivity index (χ2v) is 8.78. The van der Waals surface area contributed by atoms with Crippen molar-refractivity contribution in [2.24, 2.45) is 17.0 Å². The zero-order valence-corrected chi connectivity index (χ0v) is 16.5. The number of sulfonamides is 1. The van der Waals surface area contributed by atoms with E-state index in [2.05, 4.69) is 24.1 Å². The Balaban J connectivity index is 1.91. The normalized spacial score (nSPS) is 21.4. The third-order valence-electron chi connectivity index (χ3n) is 4.63. The maximum Gasteiger partial charge on any atom is 0.255 e. The fourth-order valence-electron chi connectivity index (χ4n) is 3.62. The van der Waals surface area contributed by atoms with E-state index >= 15 is 0 Å². The van der Waals surface area contributed by atoms with Crippen molar-refractivity contribution >= 4 is 15.9 Å². The van der Waals surface area contributed by atoms with Crippen LogP contribution in [0.25, 0.3) is 0 Å². The summed E-state index contributed by atoms with van der Waals surface area (Å²) in [5, 5.41) is 7.97. The van der Waals surface area contributed by atoms with E-state index in [4.69, 9.17) is 9.88 Å². The summed E-state index contributed by atoms with van der Waals surface area (Å²) in [7, 11) is -2.44. The number of nitrogens with one attached hydrogen (secondary N) is 1. The van der Waals surface area contributed by atoms with Gasteiger partial charge in [0.1, 0.15) is 5.75 Å². The molecule has 7 nitrogen and oxygen atoms in total. The molecule has 3 N–H and O–H groups in total. The average Bonchev–Trinajstić information content (AvgIpc) is 2.56. The van der Waals surface area contributed by atoms with Crippen molar-refractivity contribution in [3.63, 3.8) is 0 Å². The van der Waals surface area contributed by atoms with Gasteiger partial charge in [-0.15, -0.1) is 0 Å². The van der Waals surface area contributed by atoms with E-state index < -0.39 is 10.0 Å². The van der Waals surface area contributed by atoms with Gasteiger partial charge in [0.2, 0.25) is 10.0 Å². The quantitative estimate of drug-likeness (QED) is 0.694. The lowest BCUT2D eigenvalue weighted by Gasteiger charge is -2.34. The Kier molecular flexibility index (Phi) is 7.02. The number of methoxy groups -OCH3 is 1. The molecule has 0 bridgehead atoms. The van der Waals surface area contributed by atoms with Crippen molar-refractivity contribution < 1.29 is 17.9 Å². The number of likely N-dealkylation sites (tertiary alicyclic amines) is 1. The predicted octanol–water partition coefficient (Wildman–Crippen LogP) is 1.44. The highest BCUT2D eigenvalue weighted by molar-refractivity contribution is 7.89. The second-order valence-electron chi connectivity index (χ2n) is 7.22. The maximum atomic E-state index is 12.4. The molecule has 2 atom stereocenters. The van der Waals surface area contributed by atoms with E-state index in [1.165, 1.54) is 31.7 Å². The number of nitrogens with two attached hydrogens (primary N) is 1. The van der Waals surface area contributed by atoms with Crippen molar-refractivity contribution in [2.45, 2.75) is 31.6 Å². The summed E-state index contributed by atoms with van der Waals surface area (Å²) < 4.78 is 28.1. The van der Waals surface area contributed by atoms with Crippen LogP contribution in [0, 0.1) is 11.8 Å². The summed E-state index contributed by atoms with van der Waals surface area (Å²) in [6.07, 6.45) is 2.11. The number of carbonyl (C=O) groups excluding carboxylic acids is 1.